The lowest BCUT2D eigenvalue weighted by Crippen LogP contribution is -2.26. The molecule has 2 aliphatic rings. The second kappa shape index (κ2) is 5.56. The molecule has 116 valence electrons. The summed E-state index contributed by atoms with van der Waals surface area (Å²) in [5, 5.41) is 2.56. The highest BCUT2D eigenvalue weighted by Gasteiger charge is 2.38. The van der Waals surface area contributed by atoms with Crippen molar-refractivity contribution in [2.45, 2.75) is 6.54 Å². The van der Waals surface area contributed by atoms with Crippen molar-refractivity contribution < 1.29 is 4.74 Å². The van der Waals surface area contributed by atoms with Gasteiger partial charge in [0.05, 0.1) is 7.11 Å². The van der Waals surface area contributed by atoms with Crippen LogP contribution in [-0.2, 0) is 6.54 Å². The number of nitrogens with zero attached hydrogens (tertiary/aromatic N) is 2. The van der Waals surface area contributed by atoms with Gasteiger partial charge in [-0.05, 0) is 53.4 Å². The number of hydrogen-bond acceptors (Lipinski definition) is 3. The van der Waals surface area contributed by atoms with E-state index in [1.165, 1.54) is 42.5 Å². The van der Waals surface area contributed by atoms with Crippen molar-refractivity contribution in [3.8, 4) is 5.75 Å². The average Bonchev–Trinajstić information content (AvgIpc) is 3.03. The van der Waals surface area contributed by atoms with Crippen molar-refractivity contribution in [3.63, 3.8) is 0 Å². The summed E-state index contributed by atoms with van der Waals surface area (Å²) in [7, 11) is 3.97. The van der Waals surface area contributed by atoms with Crippen molar-refractivity contribution in [1.29, 1.82) is 0 Å². The van der Waals surface area contributed by atoms with E-state index in [2.05, 4.69) is 47.2 Å². The van der Waals surface area contributed by atoms with E-state index >= 15 is 0 Å². The van der Waals surface area contributed by atoms with E-state index in [0.717, 1.165) is 24.1 Å². The predicted octanol–water partition coefficient (Wildman–Crippen LogP) is 2.84. The number of methoxy groups -OCH3 is 1. The Hall–Kier alpha value is -1.58. The fourth-order valence-electron chi connectivity index (χ4n) is 4.21. The molecule has 0 N–H and O–H groups in total. The Balaban J connectivity index is 1.48. The number of hydrogen-bond donors (Lipinski definition) is 0. The lowest BCUT2D eigenvalue weighted by Gasteiger charge is -2.19. The van der Waals surface area contributed by atoms with E-state index in [-0.39, 0.29) is 0 Å². The highest BCUT2D eigenvalue weighted by Crippen LogP contribution is 2.31. The smallest absolute Gasteiger partial charge is 0.119 e. The van der Waals surface area contributed by atoms with Crippen LogP contribution in [0.1, 0.15) is 5.56 Å². The predicted molar refractivity (Wildman–Crippen MR) is 90.3 cm³/mol. The van der Waals surface area contributed by atoms with Gasteiger partial charge in [0, 0.05) is 32.7 Å². The first-order chi connectivity index (χ1) is 10.7. The zero-order valence-corrected chi connectivity index (χ0v) is 13.5. The van der Waals surface area contributed by atoms with E-state index in [1.54, 1.807) is 7.11 Å². The maximum Gasteiger partial charge on any atom is 0.119 e. The summed E-state index contributed by atoms with van der Waals surface area (Å²) in [6, 6.07) is 13.1. The molecular weight excluding hydrogens is 272 g/mol. The van der Waals surface area contributed by atoms with Gasteiger partial charge >= 0.3 is 0 Å². The molecular formula is C19H24N2O. The Bertz CT molecular complexity index is 670. The number of benzene rings is 2. The van der Waals surface area contributed by atoms with Crippen LogP contribution in [0.4, 0.5) is 0 Å². The van der Waals surface area contributed by atoms with Gasteiger partial charge in [0.2, 0.25) is 0 Å². The zero-order chi connectivity index (χ0) is 15.1. The molecule has 0 radical (unpaired) electrons. The summed E-state index contributed by atoms with van der Waals surface area (Å²) in [4.78, 5) is 5.11. The van der Waals surface area contributed by atoms with Crippen LogP contribution in [-0.4, -0.2) is 50.1 Å². The third-order valence-corrected chi connectivity index (χ3v) is 5.26. The minimum Gasteiger partial charge on any atom is -0.497 e. The first-order valence-corrected chi connectivity index (χ1v) is 8.19. The molecule has 2 aliphatic heterocycles. The van der Waals surface area contributed by atoms with E-state index < -0.39 is 0 Å². The SMILES string of the molecule is COc1ccc2cc(CN3C[C@H]4CN(C)C[C@H]4C3)ccc2c1. The van der Waals surface area contributed by atoms with E-state index in [0.29, 0.717) is 0 Å². The summed E-state index contributed by atoms with van der Waals surface area (Å²) in [6.07, 6.45) is 0. The van der Waals surface area contributed by atoms with Gasteiger partial charge in [-0.3, -0.25) is 4.90 Å². The van der Waals surface area contributed by atoms with Crippen molar-refractivity contribution >= 4 is 10.8 Å². The molecule has 2 aromatic carbocycles. The molecule has 3 heteroatoms. The lowest BCUT2D eigenvalue weighted by atomic mass is 10.0. The maximum atomic E-state index is 5.30. The fourth-order valence-corrected chi connectivity index (χ4v) is 4.21. The Morgan fingerprint density at radius 1 is 0.955 bits per heavy atom. The normalized spacial score (nSPS) is 25.7. The molecule has 0 bridgehead atoms. The van der Waals surface area contributed by atoms with Crippen LogP contribution in [0.3, 0.4) is 0 Å². The van der Waals surface area contributed by atoms with Crippen LogP contribution in [0.5, 0.6) is 5.75 Å². The third kappa shape index (κ3) is 2.59. The fraction of sp³-hybridized carbons (Fsp3) is 0.474. The summed E-state index contributed by atoms with van der Waals surface area (Å²) in [5.74, 6) is 2.70. The Kier molecular flexibility index (Phi) is 3.55. The molecule has 0 spiro atoms. The molecule has 0 saturated carbocycles. The molecule has 0 aromatic heterocycles. The van der Waals surface area contributed by atoms with Crippen LogP contribution < -0.4 is 4.74 Å². The van der Waals surface area contributed by atoms with Gasteiger partial charge < -0.3 is 9.64 Å². The van der Waals surface area contributed by atoms with Crippen molar-refractivity contribution in [2.24, 2.45) is 11.8 Å². The van der Waals surface area contributed by atoms with Crippen LogP contribution in [0.15, 0.2) is 36.4 Å². The van der Waals surface area contributed by atoms with Crippen molar-refractivity contribution in [3.05, 3.63) is 42.0 Å². The Morgan fingerprint density at radius 2 is 1.64 bits per heavy atom. The lowest BCUT2D eigenvalue weighted by molar-refractivity contribution is 0.272. The molecule has 2 aromatic rings. The van der Waals surface area contributed by atoms with E-state index in [9.17, 15) is 0 Å². The van der Waals surface area contributed by atoms with Gasteiger partial charge in [-0.2, -0.15) is 0 Å². The molecule has 2 heterocycles. The minimum absolute atomic E-state index is 0.884. The van der Waals surface area contributed by atoms with Crippen molar-refractivity contribution in [1.82, 2.24) is 9.80 Å². The van der Waals surface area contributed by atoms with Crippen LogP contribution >= 0.6 is 0 Å². The summed E-state index contributed by atoms with van der Waals surface area (Å²) < 4.78 is 5.30. The second-order valence-electron chi connectivity index (χ2n) is 6.98. The molecule has 3 nitrogen and oxygen atoms in total. The van der Waals surface area contributed by atoms with Gasteiger partial charge in [0.25, 0.3) is 0 Å². The molecule has 0 unspecified atom stereocenters. The molecule has 2 fully saturated rings. The number of rotatable bonds is 3. The molecule has 22 heavy (non-hydrogen) atoms. The summed E-state index contributed by atoms with van der Waals surface area (Å²) >= 11 is 0. The molecule has 4 rings (SSSR count). The van der Waals surface area contributed by atoms with E-state index in [4.69, 9.17) is 4.74 Å². The van der Waals surface area contributed by atoms with Crippen LogP contribution in [0.25, 0.3) is 10.8 Å². The zero-order valence-electron chi connectivity index (χ0n) is 13.5. The van der Waals surface area contributed by atoms with Crippen LogP contribution in [0.2, 0.25) is 0 Å². The van der Waals surface area contributed by atoms with Gasteiger partial charge in [-0.1, -0.05) is 18.2 Å². The van der Waals surface area contributed by atoms with Gasteiger partial charge in [0.1, 0.15) is 5.75 Å². The first-order valence-electron chi connectivity index (χ1n) is 8.19. The molecule has 0 amide bonds. The first kappa shape index (κ1) is 14.0. The second-order valence-corrected chi connectivity index (χ2v) is 6.98. The standard InChI is InChI=1S/C19H24N2O/c1-20-10-17-12-21(13-18(17)11-20)9-14-3-4-16-8-19(22-2)6-5-15(16)7-14/h3-8,17-18H,9-13H2,1-2H3/t17-,18+. The number of likely N-dealkylation sites (tertiary alicyclic amines) is 2. The highest BCUT2D eigenvalue weighted by molar-refractivity contribution is 5.84. The summed E-state index contributed by atoms with van der Waals surface area (Å²) in [6.45, 7) is 6.15. The minimum atomic E-state index is 0.884. The number of fused-ring (bicyclic) bond motifs is 2. The van der Waals surface area contributed by atoms with Crippen LogP contribution in [0, 0.1) is 11.8 Å². The quantitative estimate of drug-likeness (QED) is 0.866. The molecule has 2 atom stereocenters. The molecule has 0 aliphatic carbocycles. The highest BCUT2D eigenvalue weighted by atomic mass is 16.5. The van der Waals surface area contributed by atoms with Gasteiger partial charge in [0.15, 0.2) is 0 Å². The van der Waals surface area contributed by atoms with E-state index in [1.807, 2.05) is 6.07 Å². The number of ether oxygens (including phenoxy) is 1. The third-order valence-electron chi connectivity index (χ3n) is 5.26. The Morgan fingerprint density at radius 3 is 2.36 bits per heavy atom. The summed E-state index contributed by atoms with van der Waals surface area (Å²) in [5.41, 5.74) is 1.42. The van der Waals surface area contributed by atoms with Gasteiger partial charge in [-0.15, -0.1) is 0 Å². The monoisotopic (exact) mass is 296 g/mol. The topological polar surface area (TPSA) is 15.7 Å². The average molecular weight is 296 g/mol. The maximum absolute atomic E-state index is 5.30. The molecule has 2 saturated heterocycles. The largest absolute Gasteiger partial charge is 0.497 e. The Labute approximate surface area is 132 Å². The van der Waals surface area contributed by atoms with Crippen molar-refractivity contribution in [2.75, 3.05) is 40.3 Å². The van der Waals surface area contributed by atoms with Gasteiger partial charge in [-0.25, -0.2) is 0 Å².